The molecule has 0 bridgehead atoms. The van der Waals surface area contributed by atoms with Crippen molar-refractivity contribution in [1.29, 1.82) is 0 Å². The third-order valence-corrected chi connectivity index (χ3v) is 4.89. The van der Waals surface area contributed by atoms with Crippen LogP contribution in [0.3, 0.4) is 0 Å². The number of hydrazone groups is 1. The van der Waals surface area contributed by atoms with E-state index in [4.69, 9.17) is 18.0 Å². The van der Waals surface area contributed by atoms with Crippen LogP contribution in [0.1, 0.15) is 22.2 Å². The lowest BCUT2D eigenvalue weighted by Gasteiger charge is -2.20. The predicted molar refractivity (Wildman–Crippen MR) is 81.2 cm³/mol. The van der Waals surface area contributed by atoms with Crippen molar-refractivity contribution in [1.82, 2.24) is 5.01 Å². The fraction of sp³-hybridized carbons (Fsp3) is 0.167. The van der Waals surface area contributed by atoms with Crippen molar-refractivity contribution in [3.63, 3.8) is 0 Å². The van der Waals surface area contributed by atoms with Crippen LogP contribution in [0, 0.1) is 0 Å². The summed E-state index contributed by atoms with van der Waals surface area (Å²) in [6.07, 6.45) is 0.859. The minimum atomic E-state index is 0.152. The Morgan fingerprint density at radius 2 is 2.11 bits per heavy atom. The van der Waals surface area contributed by atoms with Gasteiger partial charge in [-0.2, -0.15) is 5.10 Å². The van der Waals surface area contributed by atoms with Crippen LogP contribution in [0.5, 0.6) is 0 Å². The number of thiophene rings is 2. The van der Waals surface area contributed by atoms with Gasteiger partial charge < -0.3 is 5.73 Å². The van der Waals surface area contributed by atoms with Crippen molar-refractivity contribution >= 4 is 45.7 Å². The Bertz CT molecular complexity index is 572. The van der Waals surface area contributed by atoms with E-state index in [1.807, 2.05) is 12.1 Å². The minimum Gasteiger partial charge on any atom is -0.375 e. The molecule has 0 aromatic carbocycles. The molecule has 1 atom stereocenters. The topological polar surface area (TPSA) is 41.6 Å². The molecule has 92 valence electrons. The summed E-state index contributed by atoms with van der Waals surface area (Å²) in [5, 5.41) is 10.8. The average molecular weight is 293 g/mol. The maximum Gasteiger partial charge on any atom is 0.187 e. The van der Waals surface area contributed by atoms with Gasteiger partial charge in [0.2, 0.25) is 0 Å². The molecule has 2 aromatic heterocycles. The first-order valence-corrected chi connectivity index (χ1v) is 7.66. The van der Waals surface area contributed by atoms with Gasteiger partial charge in [-0.05, 0) is 35.1 Å². The van der Waals surface area contributed by atoms with Crippen molar-refractivity contribution in [3.8, 4) is 0 Å². The summed E-state index contributed by atoms with van der Waals surface area (Å²) < 4.78 is 0. The Balaban J connectivity index is 1.93. The van der Waals surface area contributed by atoms with Gasteiger partial charge in [0.05, 0.1) is 16.6 Å². The predicted octanol–water partition coefficient (Wildman–Crippen LogP) is 3.20. The third kappa shape index (κ3) is 2.07. The maximum absolute atomic E-state index is 5.77. The lowest BCUT2D eigenvalue weighted by molar-refractivity contribution is 0.378. The molecular formula is C12H11N3S3. The second-order valence-corrected chi connectivity index (χ2v) is 6.29. The monoisotopic (exact) mass is 293 g/mol. The van der Waals surface area contributed by atoms with Crippen LogP contribution in [0.4, 0.5) is 0 Å². The van der Waals surface area contributed by atoms with Gasteiger partial charge in [-0.25, -0.2) is 5.01 Å². The summed E-state index contributed by atoms with van der Waals surface area (Å²) in [5.74, 6) is 0. The summed E-state index contributed by atoms with van der Waals surface area (Å²) in [5.41, 5.74) is 6.83. The standard InChI is InChI=1S/C12H11N3S3/c13-12(16)15-9(11-4-2-6-18-11)7-8(14-15)10-3-1-5-17-10/h1-6,9H,7H2,(H2,13,16)/t9-/m0/s1. The van der Waals surface area contributed by atoms with Crippen molar-refractivity contribution < 1.29 is 0 Å². The van der Waals surface area contributed by atoms with E-state index >= 15 is 0 Å². The zero-order valence-corrected chi connectivity index (χ0v) is 11.9. The van der Waals surface area contributed by atoms with E-state index in [2.05, 4.69) is 28.0 Å². The highest BCUT2D eigenvalue weighted by atomic mass is 32.1. The van der Waals surface area contributed by atoms with E-state index < -0.39 is 0 Å². The molecule has 3 rings (SSSR count). The van der Waals surface area contributed by atoms with Gasteiger partial charge >= 0.3 is 0 Å². The fourth-order valence-electron chi connectivity index (χ4n) is 2.01. The number of hydrogen-bond acceptors (Lipinski definition) is 4. The molecular weight excluding hydrogens is 282 g/mol. The van der Waals surface area contributed by atoms with E-state index in [0.717, 1.165) is 12.1 Å². The van der Waals surface area contributed by atoms with Crippen LogP contribution < -0.4 is 5.73 Å². The Kier molecular flexibility index (Phi) is 3.15. The van der Waals surface area contributed by atoms with E-state index in [-0.39, 0.29) is 6.04 Å². The molecule has 0 unspecified atom stereocenters. The molecule has 0 radical (unpaired) electrons. The van der Waals surface area contributed by atoms with E-state index in [9.17, 15) is 0 Å². The van der Waals surface area contributed by atoms with E-state index in [1.165, 1.54) is 9.75 Å². The molecule has 3 nitrogen and oxygen atoms in total. The number of nitrogens with two attached hydrogens (primary N) is 1. The first-order valence-electron chi connectivity index (χ1n) is 5.49. The summed E-state index contributed by atoms with van der Waals surface area (Å²) in [7, 11) is 0. The highest BCUT2D eigenvalue weighted by Crippen LogP contribution is 2.35. The summed E-state index contributed by atoms with van der Waals surface area (Å²) in [6, 6.07) is 8.41. The number of thiocarbonyl (C=S) groups is 1. The zero-order chi connectivity index (χ0) is 12.5. The minimum absolute atomic E-state index is 0.152. The molecule has 2 N–H and O–H groups in total. The van der Waals surface area contributed by atoms with Crippen LogP contribution in [0.2, 0.25) is 0 Å². The molecule has 0 saturated heterocycles. The lowest BCUT2D eigenvalue weighted by Crippen LogP contribution is -2.31. The van der Waals surface area contributed by atoms with Crippen LogP contribution in [0.15, 0.2) is 40.1 Å². The SMILES string of the molecule is NC(=S)N1N=C(c2cccs2)C[C@H]1c1cccs1. The smallest absolute Gasteiger partial charge is 0.187 e. The highest BCUT2D eigenvalue weighted by Gasteiger charge is 2.31. The largest absolute Gasteiger partial charge is 0.375 e. The van der Waals surface area contributed by atoms with Crippen molar-refractivity contribution in [2.45, 2.75) is 12.5 Å². The molecule has 1 aliphatic heterocycles. The molecule has 2 aromatic rings. The Labute approximate surface area is 119 Å². The third-order valence-electron chi connectivity index (χ3n) is 2.81. The van der Waals surface area contributed by atoms with Gasteiger partial charge in [0.1, 0.15) is 0 Å². The molecule has 6 heteroatoms. The molecule has 0 fully saturated rings. The van der Waals surface area contributed by atoms with Gasteiger partial charge in [-0.1, -0.05) is 12.1 Å². The van der Waals surface area contributed by atoms with E-state index in [1.54, 1.807) is 27.7 Å². The van der Waals surface area contributed by atoms with Crippen molar-refractivity contribution in [3.05, 3.63) is 44.8 Å². The lowest BCUT2D eigenvalue weighted by atomic mass is 10.1. The first kappa shape index (κ1) is 11.8. The van der Waals surface area contributed by atoms with Gasteiger partial charge in [0.15, 0.2) is 5.11 Å². The summed E-state index contributed by atoms with van der Waals surface area (Å²) in [6.45, 7) is 0. The number of rotatable bonds is 2. The summed E-state index contributed by atoms with van der Waals surface area (Å²) in [4.78, 5) is 2.44. The average Bonchev–Trinajstić information content (AvgIpc) is 3.10. The highest BCUT2D eigenvalue weighted by molar-refractivity contribution is 7.80. The van der Waals surface area contributed by atoms with Gasteiger partial charge in [-0.3, -0.25) is 0 Å². The zero-order valence-electron chi connectivity index (χ0n) is 9.45. The van der Waals surface area contributed by atoms with Gasteiger partial charge in [0.25, 0.3) is 0 Å². The van der Waals surface area contributed by atoms with Crippen LogP contribution >= 0.6 is 34.9 Å². The number of nitrogens with zero attached hydrogens (tertiary/aromatic N) is 2. The maximum atomic E-state index is 5.77. The second-order valence-electron chi connectivity index (χ2n) is 3.94. The Morgan fingerprint density at radius 3 is 2.72 bits per heavy atom. The van der Waals surface area contributed by atoms with Crippen molar-refractivity contribution in [2.75, 3.05) is 0 Å². The first-order chi connectivity index (χ1) is 8.75. The molecule has 0 amide bonds. The molecule has 1 aliphatic rings. The Hall–Kier alpha value is -1.24. The van der Waals surface area contributed by atoms with E-state index in [0.29, 0.717) is 5.11 Å². The second kappa shape index (κ2) is 4.79. The van der Waals surface area contributed by atoms with Crippen LogP contribution in [0.25, 0.3) is 0 Å². The normalized spacial score (nSPS) is 19.0. The van der Waals surface area contributed by atoms with Crippen LogP contribution in [-0.2, 0) is 0 Å². The van der Waals surface area contributed by atoms with Crippen LogP contribution in [-0.4, -0.2) is 15.8 Å². The fourth-order valence-corrected chi connectivity index (χ4v) is 3.71. The Morgan fingerprint density at radius 1 is 1.33 bits per heavy atom. The van der Waals surface area contributed by atoms with Gasteiger partial charge in [-0.15, -0.1) is 22.7 Å². The van der Waals surface area contributed by atoms with Crippen molar-refractivity contribution in [2.24, 2.45) is 10.8 Å². The van der Waals surface area contributed by atoms with Gasteiger partial charge in [0, 0.05) is 11.3 Å². The summed E-state index contributed by atoms with van der Waals surface area (Å²) >= 11 is 8.50. The molecule has 18 heavy (non-hydrogen) atoms. The number of hydrogen-bond donors (Lipinski definition) is 1. The molecule has 0 aliphatic carbocycles. The molecule has 0 spiro atoms. The molecule has 0 saturated carbocycles. The molecule has 3 heterocycles. The quantitative estimate of drug-likeness (QED) is 0.865.